The van der Waals surface area contributed by atoms with E-state index >= 15 is 0 Å². The number of nitrogens with two attached hydrogens (primary N) is 1. The Kier molecular flexibility index (Phi) is 4.38. The van der Waals surface area contributed by atoms with Crippen LogP contribution in [-0.2, 0) is 4.79 Å². The van der Waals surface area contributed by atoms with Gasteiger partial charge in [0.1, 0.15) is 0 Å². The topological polar surface area (TPSA) is 46.3 Å². The second kappa shape index (κ2) is 6.02. The van der Waals surface area contributed by atoms with Crippen LogP contribution < -0.4 is 10.6 Å². The van der Waals surface area contributed by atoms with Crippen molar-refractivity contribution in [3.05, 3.63) is 41.5 Å². The highest BCUT2D eigenvalue weighted by Gasteiger charge is 2.31. The van der Waals surface area contributed by atoms with Gasteiger partial charge in [-0.1, -0.05) is 31.2 Å². The highest BCUT2D eigenvalue weighted by molar-refractivity contribution is 6.06. The van der Waals surface area contributed by atoms with E-state index in [1.165, 1.54) is 5.56 Å². The van der Waals surface area contributed by atoms with E-state index in [2.05, 4.69) is 6.07 Å². The molecule has 3 heteroatoms. The molecular formula is C16H22N2O. The van der Waals surface area contributed by atoms with E-state index in [-0.39, 0.29) is 5.91 Å². The fourth-order valence-electron chi connectivity index (χ4n) is 2.74. The van der Waals surface area contributed by atoms with Crippen molar-refractivity contribution in [1.82, 2.24) is 0 Å². The summed E-state index contributed by atoms with van der Waals surface area (Å²) in [6, 6.07) is 8.17. The number of nitrogens with zero attached hydrogens (tertiary/aromatic N) is 1. The van der Waals surface area contributed by atoms with Crippen LogP contribution in [0.2, 0.25) is 0 Å². The van der Waals surface area contributed by atoms with Crippen molar-refractivity contribution in [2.45, 2.75) is 32.6 Å². The van der Waals surface area contributed by atoms with Gasteiger partial charge in [-0.3, -0.25) is 4.79 Å². The zero-order chi connectivity index (χ0) is 13.8. The van der Waals surface area contributed by atoms with Gasteiger partial charge in [0.2, 0.25) is 0 Å². The number of fused-ring (bicyclic) bond motifs is 1. The molecule has 1 aliphatic heterocycles. The van der Waals surface area contributed by atoms with E-state index in [1.54, 1.807) is 0 Å². The molecule has 0 aliphatic carbocycles. The number of anilines is 1. The Balaban J connectivity index is 2.30. The van der Waals surface area contributed by atoms with Crippen LogP contribution in [0.4, 0.5) is 5.69 Å². The van der Waals surface area contributed by atoms with Gasteiger partial charge in [0.15, 0.2) is 0 Å². The van der Waals surface area contributed by atoms with Gasteiger partial charge < -0.3 is 10.6 Å². The number of carbonyl (C=O) groups is 1. The first-order valence-electron chi connectivity index (χ1n) is 6.96. The van der Waals surface area contributed by atoms with Crippen LogP contribution in [0.15, 0.2) is 35.9 Å². The molecule has 1 unspecified atom stereocenters. The molecule has 0 aromatic heterocycles. The average Bonchev–Trinajstić information content (AvgIpc) is 2.78. The number of carbonyl (C=O) groups excluding carboxylic acids is 1. The molecular weight excluding hydrogens is 236 g/mol. The summed E-state index contributed by atoms with van der Waals surface area (Å²) >= 11 is 0. The van der Waals surface area contributed by atoms with Crippen LogP contribution in [0.5, 0.6) is 0 Å². The number of amides is 1. The molecule has 1 heterocycles. The Hall–Kier alpha value is -1.61. The van der Waals surface area contributed by atoms with Crippen LogP contribution in [0.25, 0.3) is 0 Å². The highest BCUT2D eigenvalue weighted by atomic mass is 16.2. The zero-order valence-electron chi connectivity index (χ0n) is 11.7. The second-order valence-corrected chi connectivity index (χ2v) is 5.04. The van der Waals surface area contributed by atoms with Gasteiger partial charge in [-0.15, -0.1) is 0 Å². The minimum Gasteiger partial charge on any atom is -0.330 e. The molecule has 0 bridgehead atoms. The molecule has 2 N–H and O–H groups in total. The summed E-state index contributed by atoms with van der Waals surface area (Å²) in [6.45, 7) is 5.35. The quantitative estimate of drug-likeness (QED) is 0.844. The fourth-order valence-corrected chi connectivity index (χ4v) is 2.74. The Morgan fingerprint density at radius 1 is 1.47 bits per heavy atom. The standard InChI is InChI=1S/C16H22N2O/c1-3-6-12(2)16(19)18-11-13(9-10-17)14-7-4-5-8-15(14)18/h4-8,13H,3,9-11,17H2,1-2H3. The van der Waals surface area contributed by atoms with Crippen molar-refractivity contribution < 1.29 is 4.79 Å². The summed E-state index contributed by atoms with van der Waals surface area (Å²) in [7, 11) is 0. The van der Waals surface area contributed by atoms with Gasteiger partial charge in [-0.25, -0.2) is 0 Å². The van der Waals surface area contributed by atoms with Crippen molar-refractivity contribution in [3.8, 4) is 0 Å². The van der Waals surface area contributed by atoms with Crippen LogP contribution in [-0.4, -0.2) is 19.0 Å². The summed E-state index contributed by atoms with van der Waals surface area (Å²) in [6.07, 6.45) is 3.80. The second-order valence-electron chi connectivity index (χ2n) is 5.04. The summed E-state index contributed by atoms with van der Waals surface area (Å²) < 4.78 is 0. The van der Waals surface area contributed by atoms with Gasteiger partial charge in [0.25, 0.3) is 5.91 Å². The maximum atomic E-state index is 12.5. The lowest BCUT2D eigenvalue weighted by atomic mass is 9.98. The molecule has 1 amide bonds. The number of para-hydroxylation sites is 1. The van der Waals surface area contributed by atoms with Gasteiger partial charge >= 0.3 is 0 Å². The van der Waals surface area contributed by atoms with Gasteiger partial charge in [0.05, 0.1) is 0 Å². The van der Waals surface area contributed by atoms with Crippen LogP contribution in [0.1, 0.15) is 38.2 Å². The SMILES string of the molecule is CCC=C(C)C(=O)N1CC(CCN)c2ccccc21. The summed E-state index contributed by atoms with van der Waals surface area (Å²) in [5.74, 6) is 0.494. The molecule has 2 rings (SSSR count). The predicted octanol–water partition coefficient (Wildman–Crippen LogP) is 2.82. The van der Waals surface area contributed by atoms with E-state index < -0.39 is 0 Å². The molecule has 0 spiro atoms. The molecule has 0 saturated heterocycles. The van der Waals surface area contributed by atoms with E-state index in [0.717, 1.165) is 30.6 Å². The molecule has 19 heavy (non-hydrogen) atoms. The number of allylic oxidation sites excluding steroid dienone is 1. The van der Waals surface area contributed by atoms with Gasteiger partial charge in [-0.2, -0.15) is 0 Å². The fraction of sp³-hybridized carbons (Fsp3) is 0.438. The lowest BCUT2D eigenvalue weighted by molar-refractivity contribution is -0.115. The monoisotopic (exact) mass is 258 g/mol. The maximum absolute atomic E-state index is 12.5. The normalized spacial score (nSPS) is 18.6. The number of rotatable bonds is 4. The number of hydrogen-bond acceptors (Lipinski definition) is 2. The molecule has 0 fully saturated rings. The lowest BCUT2D eigenvalue weighted by Crippen LogP contribution is -2.30. The van der Waals surface area contributed by atoms with Crippen molar-refractivity contribution in [1.29, 1.82) is 0 Å². The maximum Gasteiger partial charge on any atom is 0.253 e. The molecule has 1 aromatic carbocycles. The minimum atomic E-state index is 0.119. The average molecular weight is 258 g/mol. The lowest BCUT2D eigenvalue weighted by Gasteiger charge is -2.18. The van der Waals surface area contributed by atoms with Crippen LogP contribution in [0.3, 0.4) is 0 Å². The van der Waals surface area contributed by atoms with Crippen LogP contribution in [0, 0.1) is 0 Å². The third-order valence-electron chi connectivity index (χ3n) is 3.68. The van der Waals surface area contributed by atoms with Crippen molar-refractivity contribution in [2.75, 3.05) is 18.0 Å². The molecule has 1 aromatic rings. The molecule has 0 saturated carbocycles. The van der Waals surface area contributed by atoms with E-state index in [9.17, 15) is 4.79 Å². The molecule has 1 atom stereocenters. The number of hydrogen-bond donors (Lipinski definition) is 1. The Labute approximate surface area is 115 Å². The zero-order valence-corrected chi connectivity index (χ0v) is 11.7. The predicted molar refractivity (Wildman–Crippen MR) is 79.3 cm³/mol. The van der Waals surface area contributed by atoms with Crippen LogP contribution >= 0.6 is 0 Å². The van der Waals surface area contributed by atoms with E-state index in [0.29, 0.717) is 12.5 Å². The third-order valence-corrected chi connectivity index (χ3v) is 3.68. The van der Waals surface area contributed by atoms with Gasteiger partial charge in [0, 0.05) is 23.7 Å². The minimum absolute atomic E-state index is 0.119. The molecule has 1 aliphatic rings. The van der Waals surface area contributed by atoms with Crippen molar-refractivity contribution in [3.63, 3.8) is 0 Å². The molecule has 3 nitrogen and oxygen atoms in total. The first-order chi connectivity index (χ1) is 9.19. The van der Waals surface area contributed by atoms with Gasteiger partial charge in [-0.05, 0) is 37.9 Å². The molecule has 0 radical (unpaired) electrons. The summed E-state index contributed by atoms with van der Waals surface area (Å²) in [5.41, 5.74) is 8.81. The summed E-state index contributed by atoms with van der Waals surface area (Å²) in [4.78, 5) is 14.4. The van der Waals surface area contributed by atoms with E-state index in [4.69, 9.17) is 5.73 Å². The smallest absolute Gasteiger partial charge is 0.253 e. The Bertz CT molecular complexity index is 493. The van der Waals surface area contributed by atoms with E-state index in [1.807, 2.05) is 43.0 Å². The first kappa shape index (κ1) is 13.8. The van der Waals surface area contributed by atoms with Crippen molar-refractivity contribution in [2.24, 2.45) is 5.73 Å². The largest absolute Gasteiger partial charge is 0.330 e. The third kappa shape index (κ3) is 2.71. The first-order valence-corrected chi connectivity index (χ1v) is 6.96. The highest BCUT2D eigenvalue weighted by Crippen LogP contribution is 2.38. The molecule has 102 valence electrons. The summed E-state index contributed by atoms with van der Waals surface area (Å²) in [5, 5.41) is 0. The Morgan fingerprint density at radius 2 is 2.21 bits per heavy atom. The Morgan fingerprint density at radius 3 is 2.89 bits per heavy atom. The number of benzene rings is 1. The van der Waals surface area contributed by atoms with Crippen molar-refractivity contribution >= 4 is 11.6 Å².